The van der Waals surface area contributed by atoms with Crippen LogP contribution in [0.3, 0.4) is 0 Å². The molecule has 94 valence electrons. The molecule has 2 aliphatic rings. The van der Waals surface area contributed by atoms with E-state index < -0.39 is 11.6 Å². The normalized spacial score (nSPS) is 23.8. The van der Waals surface area contributed by atoms with Crippen molar-refractivity contribution in [3.63, 3.8) is 0 Å². The number of nitrogens with zero attached hydrogens (tertiary/aromatic N) is 1. The minimum absolute atomic E-state index is 0.0237. The minimum Gasteiger partial charge on any atom is -0.346 e. The van der Waals surface area contributed by atoms with E-state index in [9.17, 15) is 8.78 Å². The molecule has 0 unspecified atom stereocenters. The van der Waals surface area contributed by atoms with Crippen LogP contribution >= 0.6 is 0 Å². The molecule has 4 heteroatoms. The third-order valence-electron chi connectivity index (χ3n) is 4.66. The van der Waals surface area contributed by atoms with Gasteiger partial charge in [0.15, 0.2) is 11.6 Å². The van der Waals surface area contributed by atoms with E-state index in [0.717, 1.165) is 30.5 Å². The fourth-order valence-corrected chi connectivity index (χ4v) is 3.55. The first-order valence-corrected chi connectivity index (χ1v) is 6.32. The van der Waals surface area contributed by atoms with Crippen LogP contribution < -0.4 is 5.32 Å². The highest BCUT2D eigenvalue weighted by atomic mass is 19.2. The highest BCUT2D eigenvalue weighted by Gasteiger charge is 2.53. The Bertz CT molecular complexity index is 655. The summed E-state index contributed by atoms with van der Waals surface area (Å²) in [6, 6.07) is 3.40. The monoisotopic (exact) mass is 248 g/mol. The quantitative estimate of drug-likeness (QED) is 0.820. The second-order valence-corrected chi connectivity index (χ2v) is 5.45. The molecule has 1 N–H and O–H groups in total. The zero-order chi connectivity index (χ0) is 12.5. The number of fused-ring (bicyclic) bond motifs is 1. The third-order valence-corrected chi connectivity index (χ3v) is 4.66. The maximum Gasteiger partial charge on any atom is 0.168 e. The fourth-order valence-electron chi connectivity index (χ4n) is 3.55. The second kappa shape index (κ2) is 3.12. The molecule has 0 radical (unpaired) electrons. The van der Waals surface area contributed by atoms with Gasteiger partial charge in [-0.2, -0.15) is 0 Å². The first-order chi connectivity index (χ1) is 8.67. The van der Waals surface area contributed by atoms with E-state index in [2.05, 4.69) is 5.32 Å². The van der Waals surface area contributed by atoms with E-state index in [1.807, 2.05) is 17.8 Å². The zero-order valence-corrected chi connectivity index (χ0v) is 10.1. The van der Waals surface area contributed by atoms with Crippen LogP contribution in [0, 0.1) is 11.6 Å². The molecule has 1 fully saturated rings. The highest BCUT2D eigenvalue weighted by molar-refractivity contribution is 5.86. The van der Waals surface area contributed by atoms with Gasteiger partial charge in [0.2, 0.25) is 0 Å². The van der Waals surface area contributed by atoms with Gasteiger partial charge in [0, 0.05) is 29.6 Å². The van der Waals surface area contributed by atoms with Crippen molar-refractivity contribution in [3.05, 3.63) is 35.5 Å². The Hall–Kier alpha value is -1.42. The van der Waals surface area contributed by atoms with E-state index in [1.165, 1.54) is 6.07 Å². The van der Waals surface area contributed by atoms with Crippen molar-refractivity contribution < 1.29 is 8.78 Å². The van der Waals surface area contributed by atoms with Gasteiger partial charge in [-0.1, -0.05) is 0 Å². The van der Waals surface area contributed by atoms with Gasteiger partial charge in [-0.3, -0.25) is 0 Å². The van der Waals surface area contributed by atoms with Crippen molar-refractivity contribution in [1.82, 2.24) is 9.88 Å². The molecule has 1 saturated carbocycles. The lowest BCUT2D eigenvalue weighted by Gasteiger charge is -2.33. The second-order valence-electron chi connectivity index (χ2n) is 5.45. The van der Waals surface area contributed by atoms with Crippen LogP contribution in [0.1, 0.15) is 18.4 Å². The van der Waals surface area contributed by atoms with Crippen LogP contribution in [0.15, 0.2) is 18.3 Å². The lowest BCUT2D eigenvalue weighted by molar-refractivity contribution is 0.379. The molecule has 2 aromatic rings. The molecule has 4 rings (SSSR count). The maximum atomic E-state index is 13.8. The Kier molecular flexibility index (Phi) is 1.82. The number of rotatable bonds is 1. The van der Waals surface area contributed by atoms with Crippen molar-refractivity contribution in [2.45, 2.75) is 30.8 Å². The highest BCUT2D eigenvalue weighted by Crippen LogP contribution is 2.55. The number of aromatic nitrogens is 1. The predicted octanol–water partition coefficient (Wildman–Crippen LogP) is 2.55. The van der Waals surface area contributed by atoms with Gasteiger partial charge in [0.25, 0.3) is 0 Å². The number of halogens is 2. The third kappa shape index (κ3) is 1.05. The molecular formula is C14H14F2N2. The van der Waals surface area contributed by atoms with E-state index in [1.54, 1.807) is 6.07 Å². The molecule has 1 aromatic heterocycles. The van der Waals surface area contributed by atoms with Crippen LogP contribution in [-0.2, 0) is 12.0 Å². The molecule has 0 amide bonds. The average molecular weight is 248 g/mol. The predicted molar refractivity (Wildman–Crippen MR) is 65.6 cm³/mol. The van der Waals surface area contributed by atoms with Crippen molar-refractivity contribution >= 4 is 10.9 Å². The Balaban J connectivity index is 2.09. The maximum absolute atomic E-state index is 13.8. The standard InChI is InChI=1S/C14H14F2N2/c1-17-11-7-18-5-2-8-12(16)10(15)6-9(13(8)18)14(11)3-4-14/h2,5-6,11,17H,3-4,7H2,1H3/t11-/m1/s1. The molecule has 2 heterocycles. The van der Waals surface area contributed by atoms with Gasteiger partial charge in [-0.05, 0) is 37.6 Å². The smallest absolute Gasteiger partial charge is 0.168 e. The van der Waals surface area contributed by atoms with Gasteiger partial charge >= 0.3 is 0 Å². The van der Waals surface area contributed by atoms with Crippen LogP contribution in [0.5, 0.6) is 0 Å². The molecule has 0 bridgehead atoms. The Morgan fingerprint density at radius 3 is 2.83 bits per heavy atom. The Morgan fingerprint density at radius 2 is 2.17 bits per heavy atom. The van der Waals surface area contributed by atoms with Crippen LogP contribution in [0.2, 0.25) is 0 Å². The largest absolute Gasteiger partial charge is 0.346 e. The average Bonchev–Trinajstić information content (AvgIpc) is 3.03. The Morgan fingerprint density at radius 1 is 1.39 bits per heavy atom. The molecule has 1 atom stereocenters. The van der Waals surface area contributed by atoms with Crippen LogP contribution in [0.4, 0.5) is 8.78 Å². The van der Waals surface area contributed by atoms with E-state index in [4.69, 9.17) is 0 Å². The number of hydrogen-bond donors (Lipinski definition) is 1. The molecule has 1 spiro atoms. The number of likely N-dealkylation sites (N-methyl/N-ethyl adjacent to an activating group) is 1. The first kappa shape index (κ1) is 10.5. The first-order valence-electron chi connectivity index (χ1n) is 6.32. The van der Waals surface area contributed by atoms with E-state index in [0.29, 0.717) is 11.4 Å². The molecule has 18 heavy (non-hydrogen) atoms. The SMILES string of the molecule is CN[C@@H]1Cn2ccc3c(F)c(F)cc(c32)C12CC2. The number of benzene rings is 1. The molecule has 0 saturated heterocycles. The molecule has 1 aliphatic carbocycles. The van der Waals surface area contributed by atoms with Gasteiger partial charge in [0.05, 0.1) is 5.52 Å². The lowest BCUT2D eigenvalue weighted by atomic mass is 9.84. The fraction of sp³-hybridized carbons (Fsp3) is 0.429. The van der Waals surface area contributed by atoms with Gasteiger partial charge < -0.3 is 9.88 Å². The van der Waals surface area contributed by atoms with E-state index in [-0.39, 0.29) is 5.41 Å². The summed E-state index contributed by atoms with van der Waals surface area (Å²) in [5.74, 6) is -1.44. The molecule has 1 aromatic carbocycles. The summed E-state index contributed by atoms with van der Waals surface area (Å²) in [5, 5.41) is 3.75. The van der Waals surface area contributed by atoms with Crippen molar-refractivity contribution in [2.75, 3.05) is 7.05 Å². The summed E-state index contributed by atoms with van der Waals surface area (Å²) in [7, 11) is 1.94. The van der Waals surface area contributed by atoms with Gasteiger partial charge in [-0.25, -0.2) is 8.78 Å². The summed E-state index contributed by atoms with van der Waals surface area (Å²) < 4.78 is 29.6. The summed E-state index contributed by atoms with van der Waals surface area (Å²) >= 11 is 0. The molecular weight excluding hydrogens is 234 g/mol. The van der Waals surface area contributed by atoms with Crippen molar-refractivity contribution in [2.24, 2.45) is 0 Å². The number of nitrogens with one attached hydrogen (secondary N) is 1. The van der Waals surface area contributed by atoms with E-state index >= 15 is 0 Å². The van der Waals surface area contributed by atoms with Crippen LogP contribution in [-0.4, -0.2) is 17.7 Å². The topological polar surface area (TPSA) is 17.0 Å². The van der Waals surface area contributed by atoms with Crippen LogP contribution in [0.25, 0.3) is 10.9 Å². The molecule has 2 nitrogen and oxygen atoms in total. The minimum atomic E-state index is -0.724. The Labute approximate surface area is 104 Å². The summed E-state index contributed by atoms with van der Waals surface area (Å²) in [4.78, 5) is 0. The zero-order valence-electron chi connectivity index (χ0n) is 10.1. The number of hydrogen-bond acceptors (Lipinski definition) is 1. The lowest BCUT2D eigenvalue weighted by Crippen LogP contribution is -2.44. The van der Waals surface area contributed by atoms with Gasteiger partial charge in [-0.15, -0.1) is 0 Å². The summed E-state index contributed by atoms with van der Waals surface area (Å²) in [6.07, 6.45) is 3.98. The van der Waals surface area contributed by atoms with Gasteiger partial charge in [0.1, 0.15) is 0 Å². The van der Waals surface area contributed by atoms with Crippen molar-refractivity contribution in [1.29, 1.82) is 0 Å². The molecule has 1 aliphatic heterocycles. The summed E-state index contributed by atoms with van der Waals surface area (Å²) in [6.45, 7) is 0.831. The summed E-state index contributed by atoms with van der Waals surface area (Å²) in [5.41, 5.74) is 1.89. The van der Waals surface area contributed by atoms with Crippen molar-refractivity contribution in [3.8, 4) is 0 Å².